The number of thiocarbonyl (C=S) groups is 1. The van der Waals surface area contributed by atoms with E-state index >= 15 is 0 Å². The average Bonchev–Trinajstić information content (AvgIpc) is 2.39. The second-order valence-corrected chi connectivity index (χ2v) is 6.55. The number of benzene rings is 1. The maximum Gasteiger partial charge on any atom is 0.158 e. The third-order valence-corrected chi connectivity index (χ3v) is 4.10. The Hall–Kier alpha value is -1.38. The quantitative estimate of drug-likeness (QED) is 0.438. The van der Waals surface area contributed by atoms with Crippen molar-refractivity contribution in [1.29, 1.82) is 5.41 Å². The Labute approximate surface area is 133 Å². The highest BCUT2D eigenvalue weighted by Gasteiger charge is 2.17. The maximum absolute atomic E-state index is 14.2. The van der Waals surface area contributed by atoms with Crippen molar-refractivity contribution in [2.45, 2.75) is 0 Å². The highest BCUT2D eigenvalue weighted by Crippen LogP contribution is 2.24. The summed E-state index contributed by atoms with van der Waals surface area (Å²) >= 11 is 5.95. The van der Waals surface area contributed by atoms with Gasteiger partial charge in [-0.1, -0.05) is 12.2 Å². The molecule has 4 N–H and O–H groups in total. The van der Waals surface area contributed by atoms with Gasteiger partial charge in [0.2, 0.25) is 0 Å². The monoisotopic (exact) mass is 327 g/mol. The Balaban J connectivity index is 2.03. The summed E-state index contributed by atoms with van der Waals surface area (Å²) in [6.07, 6.45) is 0. The van der Waals surface area contributed by atoms with Crippen molar-refractivity contribution in [1.82, 2.24) is 4.90 Å². The minimum Gasteiger partial charge on any atom is -0.378 e. The van der Waals surface area contributed by atoms with E-state index in [4.69, 9.17) is 23.4 Å². The fourth-order valence-electron chi connectivity index (χ4n) is 2.13. The molecule has 2 rings (SSSR count). The molecular weight excluding hydrogens is 309 g/mol. The van der Waals surface area contributed by atoms with Gasteiger partial charge in [0.25, 0.3) is 0 Å². The molecule has 0 aliphatic carbocycles. The molecule has 1 aromatic rings. The summed E-state index contributed by atoms with van der Waals surface area (Å²) in [5, 5.41) is 9.91. The van der Waals surface area contributed by atoms with Crippen LogP contribution in [0.2, 0.25) is 0 Å². The lowest BCUT2D eigenvalue weighted by atomic mass is 10.2. The van der Waals surface area contributed by atoms with Crippen molar-refractivity contribution in [3.63, 3.8) is 0 Å². The molecule has 1 heterocycles. The molecule has 0 unspecified atom stereocenters. The molecule has 0 saturated carbocycles. The molecule has 5 nitrogen and oxygen atoms in total. The van der Waals surface area contributed by atoms with E-state index in [0.717, 1.165) is 37.9 Å². The van der Waals surface area contributed by atoms with Crippen LogP contribution in [0.15, 0.2) is 18.2 Å². The van der Waals surface area contributed by atoms with Gasteiger partial charge in [0.05, 0.1) is 5.69 Å². The molecule has 1 saturated heterocycles. The summed E-state index contributed by atoms with van der Waals surface area (Å²) in [6.45, 7) is 3.50. The third-order valence-electron chi connectivity index (χ3n) is 3.24. The number of halogens is 1. The molecule has 0 atom stereocenters. The number of hydrogen-bond acceptors (Lipinski definition) is 5. The Bertz CT molecular complexity index is 543. The number of nitrogens with zero attached hydrogens (tertiary/aromatic N) is 2. The molecule has 0 radical (unpaired) electrons. The fourth-order valence-corrected chi connectivity index (χ4v) is 2.89. The summed E-state index contributed by atoms with van der Waals surface area (Å²) in [7, 11) is 2.06. The normalized spacial score (nSPS) is 15.8. The standard InChI is InChI=1S/C13H18FN5S2/c1-18-4-6-19(7-5-18)11-3-2-9(8-10(11)14)17-13(20)21-12(15)16/h2-3,8H,4-7H2,1H3,(H3,15,16)(H,17,20). The minimum absolute atomic E-state index is 0.0953. The van der Waals surface area contributed by atoms with Crippen molar-refractivity contribution in [2.75, 3.05) is 43.4 Å². The van der Waals surface area contributed by atoms with Crippen LogP contribution >= 0.6 is 24.0 Å². The Morgan fingerprint density at radius 1 is 1.38 bits per heavy atom. The van der Waals surface area contributed by atoms with Crippen LogP contribution in [0.5, 0.6) is 0 Å². The molecule has 1 fully saturated rings. The van der Waals surface area contributed by atoms with E-state index < -0.39 is 0 Å². The number of hydrogen-bond donors (Lipinski definition) is 3. The van der Waals surface area contributed by atoms with E-state index in [1.165, 1.54) is 6.07 Å². The van der Waals surface area contributed by atoms with Crippen LogP contribution in [-0.2, 0) is 0 Å². The van der Waals surface area contributed by atoms with Crippen molar-refractivity contribution >= 4 is 44.8 Å². The molecule has 1 aromatic carbocycles. The minimum atomic E-state index is -0.278. The van der Waals surface area contributed by atoms with Gasteiger partial charge in [-0.25, -0.2) is 4.39 Å². The highest BCUT2D eigenvalue weighted by atomic mass is 32.2. The lowest BCUT2D eigenvalue weighted by Crippen LogP contribution is -2.44. The van der Waals surface area contributed by atoms with Gasteiger partial charge in [-0.15, -0.1) is 0 Å². The van der Waals surface area contributed by atoms with Gasteiger partial charge >= 0.3 is 0 Å². The zero-order chi connectivity index (χ0) is 15.4. The number of nitrogens with two attached hydrogens (primary N) is 1. The molecule has 8 heteroatoms. The summed E-state index contributed by atoms with van der Waals surface area (Å²) in [5.41, 5.74) is 6.41. The molecule has 21 heavy (non-hydrogen) atoms. The lowest BCUT2D eigenvalue weighted by molar-refractivity contribution is 0.311. The van der Waals surface area contributed by atoms with Crippen LogP contribution in [0, 0.1) is 11.2 Å². The van der Waals surface area contributed by atoms with Crippen molar-refractivity contribution < 1.29 is 4.39 Å². The molecule has 0 bridgehead atoms. The van der Waals surface area contributed by atoms with E-state index in [2.05, 4.69) is 17.3 Å². The molecule has 1 aliphatic rings. The van der Waals surface area contributed by atoms with Crippen molar-refractivity contribution in [2.24, 2.45) is 5.73 Å². The molecule has 114 valence electrons. The lowest BCUT2D eigenvalue weighted by Gasteiger charge is -2.34. The second kappa shape index (κ2) is 7.06. The SMILES string of the molecule is CN1CCN(c2ccc(NC(=S)SC(=N)N)cc2F)CC1. The van der Waals surface area contributed by atoms with E-state index in [0.29, 0.717) is 15.7 Å². The smallest absolute Gasteiger partial charge is 0.158 e. The molecule has 0 aromatic heterocycles. The van der Waals surface area contributed by atoms with E-state index in [1.807, 2.05) is 4.90 Å². The number of piperazine rings is 1. The third kappa shape index (κ3) is 4.55. The Kier molecular flexibility index (Phi) is 5.38. The first kappa shape index (κ1) is 16.0. The molecule has 0 amide bonds. The Morgan fingerprint density at radius 3 is 2.62 bits per heavy atom. The predicted molar refractivity (Wildman–Crippen MR) is 91.8 cm³/mol. The van der Waals surface area contributed by atoms with Crippen molar-refractivity contribution in [3.05, 3.63) is 24.0 Å². The van der Waals surface area contributed by atoms with Gasteiger partial charge in [0, 0.05) is 31.9 Å². The van der Waals surface area contributed by atoms with Crippen LogP contribution in [0.25, 0.3) is 0 Å². The molecule has 0 spiro atoms. The zero-order valence-corrected chi connectivity index (χ0v) is 13.4. The van der Waals surface area contributed by atoms with E-state index in [-0.39, 0.29) is 11.0 Å². The van der Waals surface area contributed by atoms with Gasteiger partial charge in [0.1, 0.15) is 10.1 Å². The van der Waals surface area contributed by atoms with Crippen LogP contribution in [0.3, 0.4) is 0 Å². The maximum atomic E-state index is 14.2. The first-order valence-electron chi connectivity index (χ1n) is 6.51. The number of likely N-dealkylation sites (N-methyl/N-ethyl adjacent to an activating group) is 1. The van der Waals surface area contributed by atoms with Gasteiger partial charge in [-0.05, 0) is 37.0 Å². The fraction of sp³-hybridized carbons (Fsp3) is 0.385. The summed E-state index contributed by atoms with van der Waals surface area (Å²) in [4.78, 5) is 4.27. The topological polar surface area (TPSA) is 68.4 Å². The Morgan fingerprint density at radius 2 is 2.05 bits per heavy atom. The van der Waals surface area contributed by atoms with Gasteiger partial charge in [-0.2, -0.15) is 0 Å². The van der Waals surface area contributed by atoms with Crippen LogP contribution in [0.1, 0.15) is 0 Å². The number of rotatable bonds is 2. The number of anilines is 2. The second-order valence-electron chi connectivity index (χ2n) is 4.84. The highest BCUT2D eigenvalue weighted by molar-refractivity contribution is 8.33. The number of amidine groups is 1. The zero-order valence-electron chi connectivity index (χ0n) is 11.7. The largest absolute Gasteiger partial charge is 0.378 e. The van der Waals surface area contributed by atoms with Crippen molar-refractivity contribution in [3.8, 4) is 0 Å². The van der Waals surface area contributed by atoms with Gasteiger partial charge in [0.15, 0.2) is 5.17 Å². The summed E-state index contributed by atoms with van der Waals surface area (Å²) in [6, 6.07) is 4.95. The number of thioether (sulfide) groups is 1. The first-order chi connectivity index (χ1) is 9.95. The van der Waals surface area contributed by atoms with E-state index in [1.54, 1.807) is 12.1 Å². The average molecular weight is 327 g/mol. The number of nitrogens with one attached hydrogen (secondary N) is 2. The van der Waals surface area contributed by atoms with E-state index in [9.17, 15) is 4.39 Å². The van der Waals surface area contributed by atoms with Crippen LogP contribution in [-0.4, -0.2) is 47.6 Å². The van der Waals surface area contributed by atoms with Gasteiger partial charge < -0.3 is 20.9 Å². The summed E-state index contributed by atoms with van der Waals surface area (Å²) < 4.78 is 14.6. The molecular formula is C13H18FN5S2. The predicted octanol–water partition coefficient (Wildman–Crippen LogP) is 1.90. The van der Waals surface area contributed by atoms with Crippen LogP contribution in [0.4, 0.5) is 15.8 Å². The summed E-state index contributed by atoms with van der Waals surface area (Å²) in [5.74, 6) is -0.278. The molecule has 1 aliphatic heterocycles. The van der Waals surface area contributed by atoms with Crippen LogP contribution < -0.4 is 16.0 Å². The van der Waals surface area contributed by atoms with Gasteiger partial charge in [-0.3, -0.25) is 5.41 Å². The first-order valence-corrected chi connectivity index (χ1v) is 7.74.